The minimum absolute atomic E-state index is 0.0307. The first-order chi connectivity index (χ1) is 13.4. The van der Waals surface area contributed by atoms with Crippen molar-refractivity contribution in [3.63, 3.8) is 0 Å². The van der Waals surface area contributed by atoms with Crippen LogP contribution >= 0.6 is 0 Å². The molecule has 0 spiro atoms. The van der Waals surface area contributed by atoms with Crippen LogP contribution in [0.3, 0.4) is 0 Å². The minimum atomic E-state index is -4.42. The van der Waals surface area contributed by atoms with Crippen LogP contribution in [-0.4, -0.2) is 25.3 Å². The summed E-state index contributed by atoms with van der Waals surface area (Å²) in [6.45, 7) is -0.982. The molecule has 148 valence electrons. The van der Waals surface area contributed by atoms with E-state index in [1.165, 1.54) is 18.2 Å². The van der Waals surface area contributed by atoms with Crippen LogP contribution in [0.1, 0.15) is 24.8 Å². The Balaban J connectivity index is 1.69. The Morgan fingerprint density at radius 2 is 1.75 bits per heavy atom. The molecule has 0 saturated carbocycles. The summed E-state index contributed by atoms with van der Waals surface area (Å²) in [5.41, 5.74) is 0.882. The van der Waals surface area contributed by atoms with Crippen molar-refractivity contribution in [3.05, 3.63) is 54.1 Å². The number of carbonyl (C=O) groups excluding carboxylic acids is 1. The van der Waals surface area contributed by atoms with Gasteiger partial charge in [0.2, 0.25) is 5.91 Å². The number of unbranched alkanes of at least 4 members (excludes halogenated alkanes) is 1. The first-order valence-corrected chi connectivity index (χ1v) is 8.58. The fourth-order valence-corrected chi connectivity index (χ4v) is 2.29. The molecule has 1 amide bonds. The number of anilines is 1. The van der Waals surface area contributed by atoms with Gasteiger partial charge in [-0.1, -0.05) is 12.1 Å². The molecule has 0 radical (unpaired) electrons. The van der Waals surface area contributed by atoms with E-state index < -0.39 is 12.8 Å². The van der Waals surface area contributed by atoms with Crippen LogP contribution in [0.25, 0.3) is 0 Å². The van der Waals surface area contributed by atoms with Crippen molar-refractivity contribution in [1.82, 2.24) is 0 Å². The molecule has 0 bridgehead atoms. The number of ether oxygens (including phenoxy) is 2. The highest BCUT2D eigenvalue weighted by Gasteiger charge is 2.28. The van der Waals surface area contributed by atoms with E-state index in [0.717, 1.165) is 0 Å². The Bertz CT molecular complexity index is 832. The summed E-state index contributed by atoms with van der Waals surface area (Å²) < 4.78 is 46.7. The van der Waals surface area contributed by atoms with Gasteiger partial charge in [0.1, 0.15) is 11.5 Å². The average Bonchev–Trinajstić information content (AvgIpc) is 2.66. The molecule has 5 nitrogen and oxygen atoms in total. The number of nitrogens with zero attached hydrogens (tertiary/aromatic N) is 1. The molecule has 0 aliphatic rings. The summed E-state index contributed by atoms with van der Waals surface area (Å²) in [5, 5.41) is 11.5. The van der Waals surface area contributed by atoms with Crippen LogP contribution in [-0.2, 0) is 4.79 Å². The second-order valence-corrected chi connectivity index (χ2v) is 5.93. The highest BCUT2D eigenvalue weighted by atomic mass is 19.4. The van der Waals surface area contributed by atoms with Crippen LogP contribution in [0.15, 0.2) is 48.5 Å². The van der Waals surface area contributed by atoms with Gasteiger partial charge in [-0.15, -0.1) is 0 Å². The van der Waals surface area contributed by atoms with Gasteiger partial charge in [0.05, 0.1) is 18.2 Å². The van der Waals surface area contributed by atoms with E-state index in [2.05, 4.69) is 10.1 Å². The Hall–Kier alpha value is -3.21. The summed E-state index contributed by atoms with van der Waals surface area (Å²) in [4.78, 5) is 11.9. The predicted molar refractivity (Wildman–Crippen MR) is 97.1 cm³/mol. The zero-order valence-corrected chi connectivity index (χ0v) is 15.0. The third-order valence-electron chi connectivity index (χ3n) is 3.55. The van der Waals surface area contributed by atoms with E-state index in [1.807, 2.05) is 6.07 Å². The lowest BCUT2D eigenvalue weighted by Gasteiger charge is -2.11. The van der Waals surface area contributed by atoms with Crippen molar-refractivity contribution in [2.24, 2.45) is 0 Å². The second kappa shape index (κ2) is 10.2. The molecule has 0 unspecified atom stereocenters. The van der Waals surface area contributed by atoms with Crippen LogP contribution in [0.2, 0.25) is 0 Å². The SMILES string of the molecule is N#Cc1cccc(OCCCCC(=O)Nc2cccc(OCC(F)(F)F)c2)c1. The number of hydrogen-bond acceptors (Lipinski definition) is 4. The molecule has 0 aromatic heterocycles. The van der Waals surface area contributed by atoms with E-state index in [1.54, 1.807) is 30.3 Å². The number of nitriles is 1. The molecular formula is C20H19F3N2O3. The molecular weight excluding hydrogens is 373 g/mol. The largest absolute Gasteiger partial charge is 0.494 e. The van der Waals surface area contributed by atoms with Crippen LogP contribution in [0.4, 0.5) is 18.9 Å². The van der Waals surface area contributed by atoms with Gasteiger partial charge in [-0.05, 0) is 43.2 Å². The predicted octanol–water partition coefficient (Wildman–Crippen LogP) is 4.69. The fraction of sp³-hybridized carbons (Fsp3) is 0.300. The number of hydrogen-bond donors (Lipinski definition) is 1. The number of halogens is 3. The van der Waals surface area contributed by atoms with Crippen molar-refractivity contribution < 1.29 is 27.4 Å². The monoisotopic (exact) mass is 392 g/mol. The minimum Gasteiger partial charge on any atom is -0.494 e. The Labute approximate surface area is 160 Å². The van der Waals surface area contributed by atoms with Gasteiger partial charge in [-0.3, -0.25) is 4.79 Å². The molecule has 2 rings (SSSR count). The van der Waals surface area contributed by atoms with Crippen LogP contribution in [0.5, 0.6) is 11.5 Å². The van der Waals surface area contributed by atoms with Gasteiger partial charge in [0.15, 0.2) is 6.61 Å². The molecule has 0 aliphatic carbocycles. The molecule has 0 aliphatic heterocycles. The number of amides is 1. The molecule has 28 heavy (non-hydrogen) atoms. The molecule has 2 aromatic rings. The molecule has 0 atom stereocenters. The van der Waals surface area contributed by atoms with E-state index in [4.69, 9.17) is 10.00 Å². The molecule has 0 saturated heterocycles. The Kier molecular flexibility index (Phi) is 7.69. The number of alkyl halides is 3. The van der Waals surface area contributed by atoms with E-state index in [9.17, 15) is 18.0 Å². The van der Waals surface area contributed by atoms with Crippen molar-refractivity contribution in [2.75, 3.05) is 18.5 Å². The number of carbonyl (C=O) groups is 1. The summed E-state index contributed by atoms with van der Waals surface area (Å²) in [7, 11) is 0. The lowest BCUT2D eigenvalue weighted by atomic mass is 10.2. The third kappa shape index (κ3) is 7.99. The smallest absolute Gasteiger partial charge is 0.422 e. The highest BCUT2D eigenvalue weighted by Crippen LogP contribution is 2.21. The topological polar surface area (TPSA) is 71.3 Å². The summed E-state index contributed by atoms with van der Waals surface area (Å²) in [6, 6.07) is 14.6. The molecule has 2 aromatic carbocycles. The van der Waals surface area contributed by atoms with Crippen molar-refractivity contribution in [1.29, 1.82) is 5.26 Å². The van der Waals surface area contributed by atoms with Crippen LogP contribution < -0.4 is 14.8 Å². The molecule has 0 heterocycles. The number of benzene rings is 2. The van der Waals surface area contributed by atoms with Crippen molar-refractivity contribution >= 4 is 11.6 Å². The second-order valence-electron chi connectivity index (χ2n) is 5.93. The lowest BCUT2D eigenvalue weighted by Crippen LogP contribution is -2.19. The van der Waals surface area contributed by atoms with Crippen LogP contribution in [0, 0.1) is 11.3 Å². The van der Waals surface area contributed by atoms with E-state index in [-0.39, 0.29) is 18.1 Å². The summed E-state index contributed by atoms with van der Waals surface area (Å²) >= 11 is 0. The highest BCUT2D eigenvalue weighted by molar-refractivity contribution is 5.90. The molecule has 8 heteroatoms. The first-order valence-electron chi connectivity index (χ1n) is 8.58. The Morgan fingerprint density at radius 1 is 1.04 bits per heavy atom. The van der Waals surface area contributed by atoms with E-state index in [0.29, 0.717) is 36.4 Å². The fourth-order valence-electron chi connectivity index (χ4n) is 2.29. The zero-order valence-electron chi connectivity index (χ0n) is 15.0. The van der Waals surface area contributed by atoms with Crippen molar-refractivity contribution in [3.8, 4) is 17.6 Å². The first kappa shape index (κ1) is 21.1. The maximum Gasteiger partial charge on any atom is 0.422 e. The van der Waals surface area contributed by atoms with E-state index >= 15 is 0 Å². The van der Waals surface area contributed by atoms with Crippen molar-refractivity contribution in [2.45, 2.75) is 25.4 Å². The maximum absolute atomic E-state index is 12.2. The summed E-state index contributed by atoms with van der Waals surface area (Å²) in [5.74, 6) is 0.377. The van der Waals surface area contributed by atoms with Gasteiger partial charge in [-0.25, -0.2) is 0 Å². The third-order valence-corrected chi connectivity index (χ3v) is 3.55. The number of nitrogens with one attached hydrogen (secondary N) is 1. The standard InChI is InChI=1S/C20H19F3N2O3/c21-20(22,23)14-28-18-8-4-6-16(12-18)25-19(26)9-1-2-10-27-17-7-3-5-15(11-17)13-24/h3-8,11-12H,1-2,9-10,14H2,(H,25,26). The molecule has 0 fully saturated rings. The Morgan fingerprint density at radius 3 is 2.46 bits per heavy atom. The zero-order chi connectivity index (χ0) is 20.4. The lowest BCUT2D eigenvalue weighted by molar-refractivity contribution is -0.153. The van der Waals surface area contributed by atoms with Gasteiger partial charge in [0, 0.05) is 18.2 Å². The van der Waals surface area contributed by atoms with Gasteiger partial charge in [-0.2, -0.15) is 18.4 Å². The quantitative estimate of drug-likeness (QED) is 0.629. The average molecular weight is 392 g/mol. The normalized spacial score (nSPS) is 10.8. The molecule has 1 N–H and O–H groups in total. The summed E-state index contributed by atoms with van der Waals surface area (Å²) in [6.07, 6.45) is -2.96. The number of rotatable bonds is 9. The van der Waals surface area contributed by atoms with Gasteiger partial charge >= 0.3 is 6.18 Å². The van der Waals surface area contributed by atoms with Gasteiger partial charge in [0.25, 0.3) is 0 Å². The van der Waals surface area contributed by atoms with Gasteiger partial charge < -0.3 is 14.8 Å². The maximum atomic E-state index is 12.2.